The van der Waals surface area contributed by atoms with Crippen molar-refractivity contribution in [1.82, 2.24) is 5.32 Å². The van der Waals surface area contributed by atoms with Gasteiger partial charge >= 0.3 is 5.97 Å². The number of carbonyl (C=O) groups is 2. The molecule has 1 amide bonds. The van der Waals surface area contributed by atoms with Crippen molar-refractivity contribution in [2.45, 2.75) is 20.4 Å². The summed E-state index contributed by atoms with van der Waals surface area (Å²) in [4.78, 5) is 22.1. The summed E-state index contributed by atoms with van der Waals surface area (Å²) in [6.07, 6.45) is 0. The molecule has 0 aliphatic heterocycles. The normalized spacial score (nSPS) is 11.7. The Morgan fingerprint density at radius 3 is 2.67 bits per heavy atom. The lowest BCUT2D eigenvalue weighted by Crippen LogP contribution is -2.33. The molecule has 0 saturated heterocycles. The van der Waals surface area contributed by atoms with E-state index in [0.717, 1.165) is 11.1 Å². The second-order valence-electron chi connectivity index (χ2n) is 4.09. The average molecular weight is 251 g/mol. The van der Waals surface area contributed by atoms with Crippen LogP contribution in [0.1, 0.15) is 18.1 Å². The summed E-state index contributed by atoms with van der Waals surface area (Å²) in [7, 11) is 1.56. The highest BCUT2D eigenvalue weighted by molar-refractivity contribution is 5.96. The third-order valence-corrected chi connectivity index (χ3v) is 2.66. The van der Waals surface area contributed by atoms with Crippen LogP contribution in [0.15, 0.2) is 18.2 Å². The fraction of sp³-hybridized carbons (Fsp3) is 0.385. The largest absolute Gasteiger partial charge is 0.496 e. The lowest BCUT2D eigenvalue weighted by Gasteiger charge is -2.12. The molecular weight excluding hydrogens is 234 g/mol. The first-order chi connectivity index (χ1) is 8.45. The maximum atomic E-state index is 11.5. The predicted molar refractivity (Wildman–Crippen MR) is 66.4 cm³/mol. The van der Waals surface area contributed by atoms with Crippen molar-refractivity contribution < 1.29 is 19.4 Å². The van der Waals surface area contributed by atoms with Crippen LogP contribution in [-0.4, -0.2) is 24.1 Å². The number of aliphatic carboxylic acids is 1. The van der Waals surface area contributed by atoms with Gasteiger partial charge in [-0.1, -0.05) is 12.1 Å². The van der Waals surface area contributed by atoms with Crippen LogP contribution in [0.25, 0.3) is 0 Å². The van der Waals surface area contributed by atoms with E-state index in [1.807, 2.05) is 25.1 Å². The Bertz CT molecular complexity index is 456. The lowest BCUT2D eigenvalue weighted by molar-refractivity contribution is -0.146. The summed E-state index contributed by atoms with van der Waals surface area (Å²) in [5.41, 5.74) is 1.87. The summed E-state index contributed by atoms with van der Waals surface area (Å²) in [6.45, 7) is 3.54. The molecule has 98 valence electrons. The SMILES string of the molecule is COc1cc(C)ccc1CNC(=O)C(C)C(=O)O. The monoisotopic (exact) mass is 251 g/mol. The van der Waals surface area contributed by atoms with Gasteiger partial charge in [-0.3, -0.25) is 9.59 Å². The van der Waals surface area contributed by atoms with Crippen LogP contribution >= 0.6 is 0 Å². The number of carboxylic acid groups (broad SMARTS) is 1. The molecule has 0 spiro atoms. The van der Waals surface area contributed by atoms with Gasteiger partial charge in [0.2, 0.25) is 5.91 Å². The molecule has 0 aromatic heterocycles. The highest BCUT2D eigenvalue weighted by Gasteiger charge is 2.20. The summed E-state index contributed by atoms with van der Waals surface area (Å²) < 4.78 is 5.20. The molecular formula is C13H17NO4. The topological polar surface area (TPSA) is 75.6 Å². The van der Waals surface area contributed by atoms with E-state index in [2.05, 4.69) is 5.32 Å². The first-order valence-corrected chi connectivity index (χ1v) is 5.59. The molecule has 1 aromatic carbocycles. The number of methoxy groups -OCH3 is 1. The number of amides is 1. The zero-order valence-electron chi connectivity index (χ0n) is 10.7. The van der Waals surface area contributed by atoms with Gasteiger partial charge < -0.3 is 15.2 Å². The number of nitrogens with one attached hydrogen (secondary N) is 1. The first kappa shape index (κ1) is 14.0. The Morgan fingerprint density at radius 1 is 1.44 bits per heavy atom. The van der Waals surface area contributed by atoms with Gasteiger partial charge in [-0.15, -0.1) is 0 Å². The van der Waals surface area contributed by atoms with Gasteiger partial charge in [-0.05, 0) is 25.5 Å². The molecule has 0 aliphatic carbocycles. The maximum Gasteiger partial charge on any atom is 0.315 e. The molecule has 1 unspecified atom stereocenters. The number of carboxylic acids is 1. The molecule has 0 fully saturated rings. The van der Waals surface area contributed by atoms with Crippen molar-refractivity contribution in [3.05, 3.63) is 29.3 Å². The Kier molecular flexibility index (Phi) is 4.71. The number of aryl methyl sites for hydroxylation is 1. The van der Waals surface area contributed by atoms with Crippen molar-refractivity contribution in [3.8, 4) is 5.75 Å². The Balaban J connectivity index is 2.69. The number of hydrogen-bond donors (Lipinski definition) is 2. The summed E-state index contributed by atoms with van der Waals surface area (Å²) in [6, 6.07) is 5.62. The van der Waals surface area contributed by atoms with Crippen LogP contribution in [0.3, 0.4) is 0 Å². The molecule has 2 N–H and O–H groups in total. The lowest BCUT2D eigenvalue weighted by atomic mass is 10.1. The molecule has 5 nitrogen and oxygen atoms in total. The van der Waals surface area contributed by atoms with Crippen molar-refractivity contribution >= 4 is 11.9 Å². The van der Waals surface area contributed by atoms with E-state index in [1.54, 1.807) is 7.11 Å². The van der Waals surface area contributed by atoms with Crippen LogP contribution in [-0.2, 0) is 16.1 Å². The highest BCUT2D eigenvalue weighted by atomic mass is 16.5. The van der Waals surface area contributed by atoms with Crippen LogP contribution in [0.2, 0.25) is 0 Å². The number of carbonyl (C=O) groups excluding carboxylic acids is 1. The van der Waals surface area contributed by atoms with Crippen molar-refractivity contribution in [3.63, 3.8) is 0 Å². The smallest absolute Gasteiger partial charge is 0.315 e. The van der Waals surface area contributed by atoms with Crippen LogP contribution in [0, 0.1) is 12.8 Å². The minimum absolute atomic E-state index is 0.250. The fourth-order valence-corrected chi connectivity index (χ4v) is 1.45. The van der Waals surface area contributed by atoms with E-state index in [9.17, 15) is 9.59 Å². The molecule has 1 rings (SSSR count). The predicted octanol–water partition coefficient (Wildman–Crippen LogP) is 1.34. The second-order valence-corrected chi connectivity index (χ2v) is 4.09. The van der Waals surface area contributed by atoms with Crippen LogP contribution in [0.5, 0.6) is 5.75 Å². The standard InChI is InChI=1S/C13H17NO4/c1-8-4-5-10(11(6-8)18-3)7-14-12(15)9(2)13(16)17/h4-6,9H,7H2,1-3H3,(H,14,15)(H,16,17). The number of hydrogen-bond acceptors (Lipinski definition) is 3. The van der Waals surface area contributed by atoms with Crippen LogP contribution < -0.4 is 10.1 Å². The van der Waals surface area contributed by atoms with Gasteiger partial charge in [0.1, 0.15) is 11.7 Å². The first-order valence-electron chi connectivity index (χ1n) is 5.59. The third-order valence-electron chi connectivity index (χ3n) is 2.66. The van der Waals surface area contributed by atoms with Crippen molar-refractivity contribution in [2.75, 3.05) is 7.11 Å². The molecule has 0 heterocycles. The number of benzene rings is 1. The van der Waals surface area contributed by atoms with Gasteiger partial charge in [0.05, 0.1) is 7.11 Å². The van der Waals surface area contributed by atoms with E-state index in [-0.39, 0.29) is 6.54 Å². The highest BCUT2D eigenvalue weighted by Crippen LogP contribution is 2.19. The number of rotatable bonds is 5. The number of ether oxygens (including phenoxy) is 1. The molecule has 0 saturated carbocycles. The minimum Gasteiger partial charge on any atom is -0.496 e. The van der Waals surface area contributed by atoms with E-state index < -0.39 is 17.8 Å². The van der Waals surface area contributed by atoms with E-state index in [1.165, 1.54) is 6.92 Å². The van der Waals surface area contributed by atoms with E-state index in [0.29, 0.717) is 5.75 Å². The van der Waals surface area contributed by atoms with Crippen LogP contribution in [0.4, 0.5) is 0 Å². The van der Waals surface area contributed by atoms with Gasteiger partial charge in [-0.25, -0.2) is 0 Å². The molecule has 1 atom stereocenters. The average Bonchev–Trinajstić information content (AvgIpc) is 2.35. The summed E-state index contributed by atoms with van der Waals surface area (Å²) >= 11 is 0. The molecule has 1 aromatic rings. The van der Waals surface area contributed by atoms with Gasteiger partial charge in [0.25, 0.3) is 0 Å². The van der Waals surface area contributed by atoms with Gasteiger partial charge in [0, 0.05) is 12.1 Å². The molecule has 0 bridgehead atoms. The van der Waals surface area contributed by atoms with Gasteiger partial charge in [-0.2, -0.15) is 0 Å². The summed E-state index contributed by atoms with van der Waals surface area (Å²) in [5.74, 6) is -2.02. The van der Waals surface area contributed by atoms with E-state index >= 15 is 0 Å². The van der Waals surface area contributed by atoms with Crippen molar-refractivity contribution in [1.29, 1.82) is 0 Å². The fourth-order valence-electron chi connectivity index (χ4n) is 1.45. The van der Waals surface area contributed by atoms with E-state index in [4.69, 9.17) is 9.84 Å². The second kappa shape index (κ2) is 6.05. The Hall–Kier alpha value is -2.04. The van der Waals surface area contributed by atoms with Crippen molar-refractivity contribution in [2.24, 2.45) is 5.92 Å². The maximum absolute atomic E-state index is 11.5. The Morgan fingerprint density at radius 2 is 2.11 bits per heavy atom. The minimum atomic E-state index is -1.14. The quantitative estimate of drug-likeness (QED) is 0.774. The Labute approximate surface area is 106 Å². The molecule has 0 aliphatic rings. The third kappa shape index (κ3) is 3.48. The molecule has 5 heteroatoms. The zero-order chi connectivity index (χ0) is 13.7. The van der Waals surface area contributed by atoms with Gasteiger partial charge in [0.15, 0.2) is 0 Å². The molecule has 0 radical (unpaired) electrons. The summed E-state index contributed by atoms with van der Waals surface area (Å²) in [5, 5.41) is 11.3. The molecule has 18 heavy (non-hydrogen) atoms. The zero-order valence-corrected chi connectivity index (χ0v) is 10.7.